The van der Waals surface area contributed by atoms with Crippen LogP contribution in [0.4, 0.5) is 0 Å². The van der Waals surface area contributed by atoms with Gasteiger partial charge in [-0.15, -0.1) is 5.10 Å². The van der Waals surface area contributed by atoms with Gasteiger partial charge in [0.1, 0.15) is 0 Å². The molecule has 0 aromatic carbocycles. The number of ether oxygens (including phenoxy) is 1. The van der Waals surface area contributed by atoms with Crippen LogP contribution >= 0.6 is 0 Å². The number of aryl methyl sites for hydroxylation is 2. The van der Waals surface area contributed by atoms with Crippen molar-refractivity contribution in [2.45, 2.75) is 39.7 Å². The second-order valence-corrected chi connectivity index (χ2v) is 5.03. The predicted octanol–water partition coefficient (Wildman–Crippen LogP) is 2.22. The predicted molar refractivity (Wildman–Crippen MR) is 78.0 cm³/mol. The number of esters is 1. The van der Waals surface area contributed by atoms with Gasteiger partial charge in [-0.05, 0) is 37.0 Å². The van der Waals surface area contributed by atoms with Gasteiger partial charge in [-0.3, -0.25) is 4.98 Å². The van der Waals surface area contributed by atoms with Gasteiger partial charge in [-0.1, -0.05) is 19.1 Å². The first-order valence-electron chi connectivity index (χ1n) is 7.12. The van der Waals surface area contributed by atoms with E-state index >= 15 is 0 Å². The molecule has 2 aromatic heterocycles. The number of aromatic nitrogens is 4. The van der Waals surface area contributed by atoms with E-state index in [1.165, 1.54) is 5.56 Å². The third-order valence-electron chi connectivity index (χ3n) is 3.15. The molecule has 0 N–H and O–H groups in total. The number of hydrogen-bond acceptors (Lipinski definition) is 5. The zero-order chi connectivity index (χ0) is 15.2. The van der Waals surface area contributed by atoms with Gasteiger partial charge in [0.25, 0.3) is 0 Å². The first-order valence-corrected chi connectivity index (χ1v) is 7.12. The van der Waals surface area contributed by atoms with Crippen molar-refractivity contribution in [3.63, 3.8) is 0 Å². The average molecular weight is 288 g/mol. The molecule has 21 heavy (non-hydrogen) atoms. The van der Waals surface area contributed by atoms with E-state index in [1.54, 1.807) is 24.0 Å². The van der Waals surface area contributed by atoms with Crippen LogP contribution in [0.2, 0.25) is 0 Å². The van der Waals surface area contributed by atoms with Crippen LogP contribution in [-0.2, 0) is 17.7 Å². The van der Waals surface area contributed by atoms with Crippen LogP contribution in [0.15, 0.2) is 24.5 Å². The molecule has 112 valence electrons. The van der Waals surface area contributed by atoms with Gasteiger partial charge in [0.2, 0.25) is 0 Å². The maximum Gasteiger partial charge on any atom is 0.360 e. The third kappa shape index (κ3) is 3.65. The molecule has 6 heteroatoms. The number of hydrogen-bond donors (Lipinski definition) is 0. The maximum absolute atomic E-state index is 11.9. The molecule has 0 aliphatic rings. The normalized spacial score (nSPS) is 10.9. The Morgan fingerprint density at radius 2 is 2.05 bits per heavy atom. The molecule has 2 rings (SSSR count). The second kappa shape index (κ2) is 6.97. The molecule has 0 amide bonds. The van der Waals surface area contributed by atoms with E-state index < -0.39 is 5.97 Å². The minimum absolute atomic E-state index is 0.150. The fourth-order valence-corrected chi connectivity index (χ4v) is 2.19. The van der Waals surface area contributed by atoms with Crippen LogP contribution in [0.5, 0.6) is 0 Å². The van der Waals surface area contributed by atoms with Crippen molar-refractivity contribution < 1.29 is 9.53 Å². The van der Waals surface area contributed by atoms with Crippen LogP contribution in [0.25, 0.3) is 0 Å². The van der Waals surface area contributed by atoms with E-state index in [-0.39, 0.29) is 5.92 Å². The molecule has 0 atom stereocenters. The summed E-state index contributed by atoms with van der Waals surface area (Å²) >= 11 is 0. The molecule has 0 fully saturated rings. The molecular formula is C15H20N4O2. The highest BCUT2D eigenvalue weighted by atomic mass is 16.5. The van der Waals surface area contributed by atoms with Crippen molar-refractivity contribution in [3.05, 3.63) is 41.5 Å². The Labute approximate surface area is 124 Å². The number of carbonyl (C=O) groups is 1. The van der Waals surface area contributed by atoms with E-state index in [4.69, 9.17) is 4.74 Å². The summed E-state index contributed by atoms with van der Waals surface area (Å²) in [6.45, 7) is 6.82. The van der Waals surface area contributed by atoms with Gasteiger partial charge in [0.15, 0.2) is 5.69 Å². The molecule has 2 aromatic rings. The fourth-order valence-electron chi connectivity index (χ4n) is 2.19. The molecular weight excluding hydrogens is 268 g/mol. The number of carbonyl (C=O) groups excluding carboxylic acids is 1. The van der Waals surface area contributed by atoms with E-state index in [0.29, 0.717) is 18.8 Å². The summed E-state index contributed by atoms with van der Waals surface area (Å²) in [5.74, 6) is -0.256. The summed E-state index contributed by atoms with van der Waals surface area (Å²) in [5.41, 5.74) is 2.32. The Morgan fingerprint density at radius 1 is 1.33 bits per heavy atom. The first-order chi connectivity index (χ1) is 10.1. The van der Waals surface area contributed by atoms with Crippen molar-refractivity contribution in [2.75, 3.05) is 6.61 Å². The van der Waals surface area contributed by atoms with E-state index in [2.05, 4.69) is 15.3 Å². The maximum atomic E-state index is 11.9. The molecule has 0 saturated heterocycles. The topological polar surface area (TPSA) is 69.9 Å². The van der Waals surface area contributed by atoms with Gasteiger partial charge in [-0.2, -0.15) is 0 Å². The van der Waals surface area contributed by atoms with Crippen LogP contribution < -0.4 is 0 Å². The molecule has 0 bridgehead atoms. The summed E-state index contributed by atoms with van der Waals surface area (Å²) in [7, 11) is 0. The largest absolute Gasteiger partial charge is 0.461 e. The molecule has 0 radical (unpaired) electrons. The van der Waals surface area contributed by atoms with Crippen LogP contribution in [0.3, 0.4) is 0 Å². The third-order valence-corrected chi connectivity index (χ3v) is 3.15. The lowest BCUT2D eigenvalue weighted by molar-refractivity contribution is 0.0517. The van der Waals surface area contributed by atoms with E-state index in [1.807, 2.05) is 26.0 Å². The number of rotatable bonds is 6. The van der Waals surface area contributed by atoms with Crippen LogP contribution in [-0.4, -0.2) is 32.6 Å². The van der Waals surface area contributed by atoms with Crippen molar-refractivity contribution in [1.29, 1.82) is 0 Å². The zero-order valence-electron chi connectivity index (χ0n) is 12.6. The average Bonchev–Trinajstić information content (AvgIpc) is 2.90. The van der Waals surface area contributed by atoms with Gasteiger partial charge in [0, 0.05) is 18.9 Å². The smallest absolute Gasteiger partial charge is 0.360 e. The monoisotopic (exact) mass is 288 g/mol. The zero-order valence-corrected chi connectivity index (χ0v) is 12.6. The Balaban J connectivity index is 2.18. The van der Waals surface area contributed by atoms with Crippen molar-refractivity contribution in [1.82, 2.24) is 20.0 Å². The Hall–Kier alpha value is -2.24. The fraction of sp³-hybridized carbons (Fsp3) is 0.467. The Kier molecular flexibility index (Phi) is 5.03. The highest BCUT2D eigenvalue weighted by Gasteiger charge is 2.22. The van der Waals surface area contributed by atoms with Gasteiger partial charge in [-0.25, -0.2) is 9.48 Å². The molecule has 0 saturated carbocycles. The molecule has 6 nitrogen and oxygen atoms in total. The minimum atomic E-state index is -0.406. The van der Waals surface area contributed by atoms with Crippen LogP contribution in [0.1, 0.15) is 48.4 Å². The van der Waals surface area contributed by atoms with Crippen LogP contribution in [0, 0.1) is 0 Å². The quantitative estimate of drug-likeness (QED) is 0.762. The molecule has 0 aliphatic carbocycles. The number of nitrogens with zero attached hydrogens (tertiary/aromatic N) is 4. The Bertz CT molecular complexity index is 593. The van der Waals surface area contributed by atoms with Crippen molar-refractivity contribution in [2.24, 2.45) is 0 Å². The van der Waals surface area contributed by atoms with Crippen molar-refractivity contribution >= 4 is 5.97 Å². The highest BCUT2D eigenvalue weighted by molar-refractivity contribution is 5.88. The summed E-state index contributed by atoms with van der Waals surface area (Å²) in [6.07, 6.45) is 4.35. The standard InChI is InChI=1S/C15H20N4O2/c1-4-21-15(20)13-14(11(2)3)19(18-17-13)10-7-12-5-8-16-9-6-12/h5-6,8-9,11H,4,7,10H2,1-3H3. The summed E-state index contributed by atoms with van der Waals surface area (Å²) in [5, 5.41) is 8.10. The van der Waals surface area contributed by atoms with Gasteiger partial charge in [0.05, 0.1) is 12.3 Å². The minimum Gasteiger partial charge on any atom is -0.461 e. The summed E-state index contributed by atoms with van der Waals surface area (Å²) in [6, 6.07) is 3.94. The van der Waals surface area contributed by atoms with Crippen molar-refractivity contribution in [3.8, 4) is 0 Å². The molecule has 2 heterocycles. The van der Waals surface area contributed by atoms with Gasteiger partial charge < -0.3 is 4.74 Å². The number of pyridine rings is 1. The lowest BCUT2D eigenvalue weighted by Gasteiger charge is -2.10. The van der Waals surface area contributed by atoms with E-state index in [9.17, 15) is 4.79 Å². The Morgan fingerprint density at radius 3 is 2.67 bits per heavy atom. The molecule has 0 unspecified atom stereocenters. The van der Waals surface area contributed by atoms with E-state index in [0.717, 1.165) is 12.1 Å². The lowest BCUT2D eigenvalue weighted by Crippen LogP contribution is -2.13. The summed E-state index contributed by atoms with van der Waals surface area (Å²) < 4.78 is 6.82. The highest BCUT2D eigenvalue weighted by Crippen LogP contribution is 2.19. The first kappa shape index (κ1) is 15.2. The molecule has 0 aliphatic heterocycles. The summed E-state index contributed by atoms with van der Waals surface area (Å²) in [4.78, 5) is 15.9. The second-order valence-electron chi connectivity index (χ2n) is 5.03. The SMILES string of the molecule is CCOC(=O)c1nnn(CCc2ccncc2)c1C(C)C. The lowest BCUT2D eigenvalue weighted by atomic mass is 10.1. The van der Waals surface area contributed by atoms with Gasteiger partial charge >= 0.3 is 5.97 Å². The molecule has 0 spiro atoms.